The Kier molecular flexibility index (Phi) is 4.77. The van der Waals surface area contributed by atoms with Gasteiger partial charge in [-0.3, -0.25) is 4.21 Å². The average Bonchev–Trinajstić information content (AvgIpc) is 2.32. The second-order valence-electron chi connectivity index (χ2n) is 4.53. The lowest BCUT2D eigenvalue weighted by Crippen LogP contribution is -2.37. The van der Waals surface area contributed by atoms with Crippen LogP contribution in [0.1, 0.15) is 31.4 Å². The Balaban J connectivity index is 1.95. The highest BCUT2D eigenvalue weighted by molar-refractivity contribution is 9.10. The fraction of sp³-hybridized carbons (Fsp3) is 0.538. The van der Waals surface area contributed by atoms with E-state index < -0.39 is 10.8 Å². The highest BCUT2D eigenvalue weighted by Crippen LogP contribution is 2.24. The molecule has 1 fully saturated rings. The number of benzene rings is 1. The average molecular weight is 316 g/mol. The minimum Gasteiger partial charge on any atom is -0.307 e. The van der Waals surface area contributed by atoms with Crippen LogP contribution in [-0.2, 0) is 10.8 Å². The summed E-state index contributed by atoms with van der Waals surface area (Å²) < 4.78 is 12.4. The molecule has 1 aromatic carbocycles. The SMILES string of the molecule is C[C@@H](NC1CCS(=O)CC1)c1ccccc1Br. The molecule has 0 saturated carbocycles. The molecule has 2 nitrogen and oxygen atoms in total. The Hall–Kier alpha value is -0.190. The number of hydrogen-bond acceptors (Lipinski definition) is 2. The summed E-state index contributed by atoms with van der Waals surface area (Å²) in [6, 6.07) is 9.15. The molecule has 1 atom stereocenters. The van der Waals surface area contributed by atoms with Gasteiger partial charge in [0, 0.05) is 38.9 Å². The van der Waals surface area contributed by atoms with Gasteiger partial charge < -0.3 is 5.32 Å². The Morgan fingerprint density at radius 3 is 2.65 bits per heavy atom. The van der Waals surface area contributed by atoms with Crippen LogP contribution in [0, 0.1) is 0 Å². The van der Waals surface area contributed by atoms with Gasteiger partial charge in [-0.25, -0.2) is 0 Å². The first kappa shape index (κ1) is 13.2. The molecule has 0 radical (unpaired) electrons. The van der Waals surface area contributed by atoms with Crippen LogP contribution < -0.4 is 5.32 Å². The van der Waals surface area contributed by atoms with Gasteiger partial charge in [0.05, 0.1) is 0 Å². The van der Waals surface area contributed by atoms with Gasteiger partial charge in [0.1, 0.15) is 0 Å². The zero-order valence-corrected chi connectivity index (χ0v) is 12.4. The molecule has 0 amide bonds. The van der Waals surface area contributed by atoms with Crippen LogP contribution in [0.4, 0.5) is 0 Å². The number of nitrogens with one attached hydrogen (secondary N) is 1. The monoisotopic (exact) mass is 315 g/mol. The molecular weight excluding hydrogens is 298 g/mol. The summed E-state index contributed by atoms with van der Waals surface area (Å²) in [7, 11) is -0.574. The van der Waals surface area contributed by atoms with Crippen molar-refractivity contribution in [3.63, 3.8) is 0 Å². The first-order valence-corrected chi connectivity index (χ1v) is 8.30. The van der Waals surface area contributed by atoms with Crippen molar-refractivity contribution in [1.29, 1.82) is 0 Å². The van der Waals surface area contributed by atoms with E-state index in [0.29, 0.717) is 12.1 Å². The van der Waals surface area contributed by atoms with Crippen LogP contribution >= 0.6 is 15.9 Å². The zero-order valence-electron chi connectivity index (χ0n) is 9.99. The number of halogens is 1. The summed E-state index contributed by atoms with van der Waals surface area (Å²) in [5.74, 6) is 1.70. The summed E-state index contributed by atoms with van der Waals surface area (Å²) in [5.41, 5.74) is 1.29. The van der Waals surface area contributed by atoms with Gasteiger partial charge in [0.25, 0.3) is 0 Å². The fourth-order valence-corrected chi connectivity index (χ4v) is 4.16. The topological polar surface area (TPSA) is 29.1 Å². The van der Waals surface area contributed by atoms with Crippen LogP contribution in [0.25, 0.3) is 0 Å². The van der Waals surface area contributed by atoms with Crippen molar-refractivity contribution >= 4 is 26.7 Å². The molecule has 2 rings (SSSR count). The molecule has 0 bridgehead atoms. The predicted octanol–water partition coefficient (Wildman–Crippen LogP) is 3.01. The molecule has 1 saturated heterocycles. The molecule has 1 aliphatic rings. The molecule has 1 heterocycles. The van der Waals surface area contributed by atoms with Gasteiger partial charge in [-0.15, -0.1) is 0 Å². The quantitative estimate of drug-likeness (QED) is 0.929. The Morgan fingerprint density at radius 2 is 2.00 bits per heavy atom. The van der Waals surface area contributed by atoms with E-state index in [0.717, 1.165) is 28.8 Å². The second-order valence-corrected chi connectivity index (χ2v) is 7.08. The lowest BCUT2D eigenvalue weighted by molar-refractivity contribution is 0.426. The maximum Gasteiger partial charge on any atom is 0.0305 e. The van der Waals surface area contributed by atoms with E-state index in [9.17, 15) is 4.21 Å². The third-order valence-corrected chi connectivity index (χ3v) is 5.35. The molecule has 4 heteroatoms. The lowest BCUT2D eigenvalue weighted by atomic mass is 10.1. The molecule has 1 N–H and O–H groups in total. The Labute approximate surface area is 114 Å². The standard InChI is InChI=1S/C13H18BrNOS/c1-10(12-4-2-3-5-13(12)14)15-11-6-8-17(16)9-7-11/h2-5,10-11,15H,6-9H2,1H3/t10-,11?,17?/m1/s1. The molecule has 94 valence electrons. The molecule has 1 aliphatic heterocycles. The maximum absolute atomic E-state index is 11.3. The van der Waals surface area contributed by atoms with Crippen molar-refractivity contribution in [2.45, 2.75) is 31.8 Å². The minimum absolute atomic E-state index is 0.335. The van der Waals surface area contributed by atoms with Gasteiger partial charge in [-0.1, -0.05) is 34.1 Å². The van der Waals surface area contributed by atoms with Crippen molar-refractivity contribution in [2.24, 2.45) is 0 Å². The van der Waals surface area contributed by atoms with E-state index >= 15 is 0 Å². The summed E-state index contributed by atoms with van der Waals surface area (Å²) in [6.45, 7) is 2.19. The van der Waals surface area contributed by atoms with Crippen molar-refractivity contribution in [3.05, 3.63) is 34.3 Å². The number of hydrogen-bond donors (Lipinski definition) is 1. The summed E-state index contributed by atoms with van der Waals surface area (Å²) in [5, 5.41) is 3.63. The van der Waals surface area contributed by atoms with E-state index in [4.69, 9.17) is 0 Å². The largest absolute Gasteiger partial charge is 0.307 e. The van der Waals surface area contributed by atoms with E-state index in [1.54, 1.807) is 0 Å². The van der Waals surface area contributed by atoms with E-state index in [2.05, 4.69) is 46.4 Å². The molecule has 0 aliphatic carbocycles. The third-order valence-electron chi connectivity index (χ3n) is 3.25. The Bertz CT molecular complexity index is 400. The molecule has 0 spiro atoms. The van der Waals surface area contributed by atoms with Crippen LogP contribution in [0.3, 0.4) is 0 Å². The molecular formula is C13H18BrNOS. The second kappa shape index (κ2) is 6.12. The van der Waals surface area contributed by atoms with Crippen molar-refractivity contribution in [1.82, 2.24) is 5.32 Å². The van der Waals surface area contributed by atoms with E-state index in [1.807, 2.05) is 6.07 Å². The maximum atomic E-state index is 11.3. The van der Waals surface area contributed by atoms with Crippen molar-refractivity contribution in [2.75, 3.05) is 11.5 Å². The van der Waals surface area contributed by atoms with Crippen LogP contribution in [-0.4, -0.2) is 21.8 Å². The van der Waals surface area contributed by atoms with Crippen molar-refractivity contribution < 1.29 is 4.21 Å². The van der Waals surface area contributed by atoms with E-state index in [-0.39, 0.29) is 0 Å². The van der Waals surface area contributed by atoms with Crippen LogP contribution in [0.15, 0.2) is 28.7 Å². The van der Waals surface area contributed by atoms with Crippen LogP contribution in [0.2, 0.25) is 0 Å². The number of rotatable bonds is 3. The first-order chi connectivity index (χ1) is 8.16. The summed E-state index contributed by atoms with van der Waals surface area (Å²) >= 11 is 3.58. The summed E-state index contributed by atoms with van der Waals surface area (Å²) in [6.07, 6.45) is 2.06. The minimum atomic E-state index is -0.574. The normalized spacial score (nSPS) is 26.7. The lowest BCUT2D eigenvalue weighted by Gasteiger charge is -2.27. The Morgan fingerprint density at radius 1 is 1.35 bits per heavy atom. The summed E-state index contributed by atoms with van der Waals surface area (Å²) in [4.78, 5) is 0. The first-order valence-electron chi connectivity index (χ1n) is 6.02. The third kappa shape index (κ3) is 3.63. The van der Waals surface area contributed by atoms with Gasteiger partial charge >= 0.3 is 0 Å². The molecule has 1 aromatic rings. The molecule has 0 aromatic heterocycles. The van der Waals surface area contributed by atoms with Crippen LogP contribution in [0.5, 0.6) is 0 Å². The molecule has 0 unspecified atom stereocenters. The van der Waals surface area contributed by atoms with Gasteiger partial charge in [-0.2, -0.15) is 0 Å². The van der Waals surface area contributed by atoms with Crippen molar-refractivity contribution in [3.8, 4) is 0 Å². The highest BCUT2D eigenvalue weighted by Gasteiger charge is 2.20. The predicted molar refractivity (Wildman–Crippen MR) is 76.6 cm³/mol. The molecule has 17 heavy (non-hydrogen) atoms. The fourth-order valence-electron chi connectivity index (χ4n) is 2.23. The highest BCUT2D eigenvalue weighted by atomic mass is 79.9. The van der Waals surface area contributed by atoms with Gasteiger partial charge in [-0.05, 0) is 31.4 Å². The van der Waals surface area contributed by atoms with Gasteiger partial charge in [0.2, 0.25) is 0 Å². The van der Waals surface area contributed by atoms with E-state index in [1.165, 1.54) is 5.56 Å². The van der Waals surface area contributed by atoms with Gasteiger partial charge in [0.15, 0.2) is 0 Å². The zero-order chi connectivity index (χ0) is 12.3. The smallest absolute Gasteiger partial charge is 0.0305 e.